The van der Waals surface area contributed by atoms with E-state index < -0.39 is 0 Å². The van der Waals surface area contributed by atoms with Gasteiger partial charge in [-0.05, 0) is 30.5 Å². The van der Waals surface area contributed by atoms with Gasteiger partial charge in [0.05, 0.1) is 19.3 Å². The highest BCUT2D eigenvalue weighted by molar-refractivity contribution is 5.97. The van der Waals surface area contributed by atoms with Crippen molar-refractivity contribution in [2.24, 2.45) is 0 Å². The van der Waals surface area contributed by atoms with E-state index in [4.69, 9.17) is 9.47 Å². The number of carbonyl (C=O) groups excluding carboxylic acids is 2. The Balaban J connectivity index is 2.06. The number of hydrogen-bond donors (Lipinski definition) is 0. The number of piperazine rings is 1. The molecule has 0 radical (unpaired) electrons. The van der Waals surface area contributed by atoms with Crippen LogP contribution in [0, 0.1) is 0 Å². The van der Waals surface area contributed by atoms with Crippen molar-refractivity contribution in [2.45, 2.75) is 26.7 Å². The summed E-state index contributed by atoms with van der Waals surface area (Å²) in [5.41, 5.74) is 1.70. The van der Waals surface area contributed by atoms with E-state index in [1.165, 1.54) is 0 Å². The Hall–Kier alpha value is -2.24. The van der Waals surface area contributed by atoms with Gasteiger partial charge in [0, 0.05) is 26.2 Å². The van der Waals surface area contributed by atoms with Gasteiger partial charge >= 0.3 is 6.09 Å². The molecule has 0 aliphatic carbocycles. The van der Waals surface area contributed by atoms with Gasteiger partial charge in [-0.25, -0.2) is 4.79 Å². The quantitative estimate of drug-likeness (QED) is 0.849. The van der Waals surface area contributed by atoms with Crippen LogP contribution in [0.15, 0.2) is 18.2 Å². The maximum Gasteiger partial charge on any atom is 0.409 e. The van der Waals surface area contributed by atoms with E-state index >= 15 is 0 Å². The SMILES string of the molecule is CCOC(=O)N1CCN(C(=O)c2ccc(C(C)C)cc2OC)CC1. The summed E-state index contributed by atoms with van der Waals surface area (Å²) in [5.74, 6) is 0.904. The zero-order valence-electron chi connectivity index (χ0n) is 14.9. The maximum atomic E-state index is 12.8. The lowest BCUT2D eigenvalue weighted by Crippen LogP contribution is -2.50. The Morgan fingerprint density at radius 1 is 1.12 bits per heavy atom. The fourth-order valence-corrected chi connectivity index (χ4v) is 2.72. The van der Waals surface area contributed by atoms with E-state index in [1.54, 1.807) is 23.8 Å². The lowest BCUT2D eigenvalue weighted by molar-refractivity contribution is 0.0568. The lowest BCUT2D eigenvalue weighted by Gasteiger charge is -2.34. The molecular formula is C18H26N2O4. The van der Waals surface area contributed by atoms with Crippen molar-refractivity contribution >= 4 is 12.0 Å². The fraction of sp³-hybridized carbons (Fsp3) is 0.556. The Morgan fingerprint density at radius 2 is 1.75 bits per heavy atom. The molecule has 1 heterocycles. The van der Waals surface area contributed by atoms with Crippen molar-refractivity contribution in [3.05, 3.63) is 29.3 Å². The van der Waals surface area contributed by atoms with Crippen LogP contribution >= 0.6 is 0 Å². The molecule has 1 saturated heterocycles. The Labute approximate surface area is 143 Å². The number of benzene rings is 1. The average Bonchev–Trinajstić information content (AvgIpc) is 2.60. The predicted octanol–water partition coefficient (Wildman–Crippen LogP) is 2.73. The van der Waals surface area contributed by atoms with Crippen LogP contribution in [-0.4, -0.2) is 61.7 Å². The number of rotatable bonds is 4. The normalized spacial score (nSPS) is 14.7. The molecule has 0 saturated carbocycles. The molecule has 0 N–H and O–H groups in total. The van der Waals surface area contributed by atoms with Crippen LogP contribution in [0.1, 0.15) is 42.6 Å². The minimum atomic E-state index is -0.316. The van der Waals surface area contributed by atoms with Crippen LogP contribution in [-0.2, 0) is 4.74 Å². The highest BCUT2D eigenvalue weighted by Gasteiger charge is 2.27. The molecule has 2 rings (SSSR count). The molecule has 6 nitrogen and oxygen atoms in total. The highest BCUT2D eigenvalue weighted by atomic mass is 16.6. The summed E-state index contributed by atoms with van der Waals surface area (Å²) in [6.07, 6.45) is -0.316. The molecule has 0 aromatic heterocycles. The summed E-state index contributed by atoms with van der Waals surface area (Å²) in [7, 11) is 1.58. The van der Waals surface area contributed by atoms with Gasteiger partial charge in [0.1, 0.15) is 5.75 Å². The van der Waals surface area contributed by atoms with Crippen molar-refractivity contribution in [3.63, 3.8) is 0 Å². The molecule has 1 aromatic carbocycles. The van der Waals surface area contributed by atoms with E-state index in [0.717, 1.165) is 5.56 Å². The van der Waals surface area contributed by atoms with Crippen LogP contribution in [0.5, 0.6) is 5.75 Å². The van der Waals surface area contributed by atoms with Gasteiger partial charge in [0.2, 0.25) is 0 Å². The molecule has 0 unspecified atom stereocenters. The van der Waals surface area contributed by atoms with Gasteiger partial charge in [-0.2, -0.15) is 0 Å². The van der Waals surface area contributed by atoms with Crippen LogP contribution in [0.3, 0.4) is 0 Å². The van der Waals surface area contributed by atoms with Gasteiger partial charge in [-0.3, -0.25) is 4.79 Å². The molecule has 2 amide bonds. The topological polar surface area (TPSA) is 59.1 Å². The number of carbonyl (C=O) groups is 2. The second-order valence-electron chi connectivity index (χ2n) is 6.09. The first kappa shape index (κ1) is 18.1. The molecule has 24 heavy (non-hydrogen) atoms. The van der Waals surface area contributed by atoms with Crippen molar-refractivity contribution in [1.82, 2.24) is 9.80 Å². The summed E-state index contributed by atoms with van der Waals surface area (Å²) in [4.78, 5) is 27.9. The Kier molecular flexibility index (Phi) is 6.06. The van der Waals surface area contributed by atoms with Gasteiger partial charge in [-0.1, -0.05) is 19.9 Å². The molecule has 1 fully saturated rings. The van der Waals surface area contributed by atoms with E-state index in [9.17, 15) is 9.59 Å². The summed E-state index contributed by atoms with van der Waals surface area (Å²) in [5, 5.41) is 0. The number of ether oxygens (including phenoxy) is 2. The number of methoxy groups -OCH3 is 1. The summed E-state index contributed by atoms with van der Waals surface area (Å²) < 4.78 is 10.4. The maximum absolute atomic E-state index is 12.8. The highest BCUT2D eigenvalue weighted by Crippen LogP contribution is 2.26. The fourth-order valence-electron chi connectivity index (χ4n) is 2.72. The third-order valence-electron chi connectivity index (χ3n) is 4.22. The molecule has 0 spiro atoms. The first-order valence-corrected chi connectivity index (χ1v) is 8.36. The van der Waals surface area contributed by atoms with Gasteiger partial charge in [-0.15, -0.1) is 0 Å². The second-order valence-corrected chi connectivity index (χ2v) is 6.09. The number of hydrogen-bond acceptors (Lipinski definition) is 4. The van der Waals surface area contributed by atoms with E-state index in [0.29, 0.717) is 50.0 Å². The number of nitrogens with zero attached hydrogens (tertiary/aromatic N) is 2. The second kappa shape index (κ2) is 8.04. The zero-order valence-corrected chi connectivity index (χ0v) is 14.9. The molecule has 1 aromatic rings. The van der Waals surface area contributed by atoms with E-state index in [1.807, 2.05) is 18.2 Å². The van der Waals surface area contributed by atoms with Crippen LogP contribution in [0.2, 0.25) is 0 Å². The summed E-state index contributed by atoms with van der Waals surface area (Å²) in [6, 6.07) is 5.72. The van der Waals surface area contributed by atoms with Crippen molar-refractivity contribution < 1.29 is 19.1 Å². The zero-order chi connectivity index (χ0) is 17.7. The third-order valence-corrected chi connectivity index (χ3v) is 4.22. The van der Waals surface area contributed by atoms with E-state index in [2.05, 4.69) is 13.8 Å². The first-order chi connectivity index (χ1) is 11.5. The smallest absolute Gasteiger partial charge is 0.409 e. The van der Waals surface area contributed by atoms with Gasteiger partial charge in [0.15, 0.2) is 0 Å². The summed E-state index contributed by atoms with van der Waals surface area (Å²) in [6.45, 7) is 8.30. The molecule has 1 aliphatic heterocycles. The van der Waals surface area contributed by atoms with Crippen molar-refractivity contribution in [1.29, 1.82) is 0 Å². The molecule has 6 heteroatoms. The standard InChI is InChI=1S/C18H26N2O4/c1-5-24-18(22)20-10-8-19(9-11-20)17(21)15-7-6-14(13(2)3)12-16(15)23-4/h6-7,12-13H,5,8-11H2,1-4H3. The molecule has 1 aliphatic rings. The average molecular weight is 334 g/mol. The van der Waals surface area contributed by atoms with Gasteiger partial charge < -0.3 is 19.3 Å². The molecule has 0 atom stereocenters. The first-order valence-electron chi connectivity index (χ1n) is 8.36. The summed E-state index contributed by atoms with van der Waals surface area (Å²) >= 11 is 0. The third kappa shape index (κ3) is 3.99. The van der Waals surface area contributed by atoms with Crippen molar-refractivity contribution in [3.8, 4) is 5.75 Å². The van der Waals surface area contributed by atoms with Crippen LogP contribution < -0.4 is 4.74 Å². The predicted molar refractivity (Wildman–Crippen MR) is 91.6 cm³/mol. The van der Waals surface area contributed by atoms with Gasteiger partial charge in [0.25, 0.3) is 5.91 Å². The lowest BCUT2D eigenvalue weighted by atomic mass is 10.0. The monoisotopic (exact) mass is 334 g/mol. The Bertz CT molecular complexity index is 593. The minimum absolute atomic E-state index is 0.0642. The van der Waals surface area contributed by atoms with Crippen molar-refractivity contribution in [2.75, 3.05) is 39.9 Å². The minimum Gasteiger partial charge on any atom is -0.496 e. The number of amides is 2. The molecular weight excluding hydrogens is 308 g/mol. The molecule has 132 valence electrons. The largest absolute Gasteiger partial charge is 0.496 e. The van der Waals surface area contributed by atoms with Crippen LogP contribution in [0.25, 0.3) is 0 Å². The Morgan fingerprint density at radius 3 is 2.29 bits per heavy atom. The molecule has 0 bridgehead atoms. The van der Waals surface area contributed by atoms with E-state index in [-0.39, 0.29) is 12.0 Å². The van der Waals surface area contributed by atoms with Crippen LogP contribution in [0.4, 0.5) is 4.79 Å².